The highest BCUT2D eigenvalue weighted by Gasteiger charge is 2.12. The van der Waals surface area contributed by atoms with Crippen LogP contribution in [0.25, 0.3) is 0 Å². The predicted molar refractivity (Wildman–Crippen MR) is 90.4 cm³/mol. The predicted octanol–water partition coefficient (Wildman–Crippen LogP) is 3.23. The molecule has 1 aromatic carbocycles. The summed E-state index contributed by atoms with van der Waals surface area (Å²) in [5.41, 5.74) is 2.81. The molecule has 1 atom stereocenters. The van der Waals surface area contributed by atoms with E-state index in [0.29, 0.717) is 18.1 Å². The van der Waals surface area contributed by atoms with Gasteiger partial charge in [0.25, 0.3) is 0 Å². The second-order valence-corrected chi connectivity index (χ2v) is 5.55. The number of hydrogen-bond donors (Lipinski definition) is 2. The van der Waals surface area contributed by atoms with E-state index in [1.807, 2.05) is 37.3 Å². The number of hydrogen-bond acceptors (Lipinski definition) is 3. The number of halogens is 1. The van der Waals surface area contributed by atoms with Gasteiger partial charge in [0.05, 0.1) is 18.3 Å². The molecule has 0 unspecified atom stereocenters. The van der Waals surface area contributed by atoms with Gasteiger partial charge in [-0.3, -0.25) is 4.98 Å². The standard InChI is InChI=1S/C17H20ClN3O2/c1-12-5-4-8-19-15(12)10-20-17(22)21-11-16(23-2)13-6-3-7-14(18)9-13/h3-9,16H,10-11H2,1-2H3,(H2,20,21,22)/t16-/m1/s1. The van der Waals surface area contributed by atoms with Gasteiger partial charge >= 0.3 is 6.03 Å². The van der Waals surface area contributed by atoms with Gasteiger partial charge in [0, 0.05) is 24.9 Å². The second kappa shape index (κ2) is 8.50. The van der Waals surface area contributed by atoms with Crippen molar-refractivity contribution in [3.8, 4) is 0 Å². The van der Waals surface area contributed by atoms with E-state index in [0.717, 1.165) is 16.8 Å². The van der Waals surface area contributed by atoms with Crippen LogP contribution in [0.5, 0.6) is 0 Å². The van der Waals surface area contributed by atoms with Crippen molar-refractivity contribution in [3.63, 3.8) is 0 Å². The molecule has 0 saturated heterocycles. The number of nitrogens with one attached hydrogen (secondary N) is 2. The van der Waals surface area contributed by atoms with E-state index in [1.54, 1.807) is 19.4 Å². The Morgan fingerprint density at radius 2 is 2.13 bits per heavy atom. The monoisotopic (exact) mass is 333 g/mol. The Morgan fingerprint density at radius 1 is 1.30 bits per heavy atom. The number of aryl methyl sites for hydroxylation is 1. The molecule has 0 radical (unpaired) electrons. The molecule has 0 spiro atoms. The number of rotatable bonds is 6. The van der Waals surface area contributed by atoms with Gasteiger partial charge in [0.2, 0.25) is 0 Å². The first-order valence-corrected chi connectivity index (χ1v) is 7.68. The summed E-state index contributed by atoms with van der Waals surface area (Å²) in [4.78, 5) is 16.2. The van der Waals surface area contributed by atoms with Crippen molar-refractivity contribution in [2.45, 2.75) is 19.6 Å². The van der Waals surface area contributed by atoms with Crippen LogP contribution in [-0.4, -0.2) is 24.7 Å². The van der Waals surface area contributed by atoms with Crippen LogP contribution in [-0.2, 0) is 11.3 Å². The maximum absolute atomic E-state index is 11.9. The summed E-state index contributed by atoms with van der Waals surface area (Å²) in [5.74, 6) is 0. The number of urea groups is 1. The summed E-state index contributed by atoms with van der Waals surface area (Å²) in [7, 11) is 1.60. The minimum Gasteiger partial charge on any atom is -0.375 e. The lowest BCUT2D eigenvalue weighted by atomic mass is 10.1. The van der Waals surface area contributed by atoms with Gasteiger partial charge in [-0.2, -0.15) is 0 Å². The number of carbonyl (C=O) groups is 1. The van der Waals surface area contributed by atoms with Crippen molar-refractivity contribution >= 4 is 17.6 Å². The van der Waals surface area contributed by atoms with Crippen molar-refractivity contribution in [2.24, 2.45) is 0 Å². The lowest BCUT2D eigenvalue weighted by Crippen LogP contribution is -2.38. The quantitative estimate of drug-likeness (QED) is 0.853. The highest BCUT2D eigenvalue weighted by atomic mass is 35.5. The van der Waals surface area contributed by atoms with E-state index in [2.05, 4.69) is 15.6 Å². The molecule has 122 valence electrons. The Kier molecular flexibility index (Phi) is 6.38. The van der Waals surface area contributed by atoms with E-state index < -0.39 is 0 Å². The molecule has 2 amide bonds. The first-order valence-electron chi connectivity index (χ1n) is 7.30. The van der Waals surface area contributed by atoms with Crippen LogP contribution in [0.4, 0.5) is 4.79 Å². The maximum atomic E-state index is 11.9. The molecule has 2 rings (SSSR count). The minimum atomic E-state index is -0.265. The Balaban J connectivity index is 1.84. The number of benzene rings is 1. The van der Waals surface area contributed by atoms with Crippen molar-refractivity contribution in [1.29, 1.82) is 0 Å². The number of nitrogens with zero attached hydrogens (tertiary/aromatic N) is 1. The van der Waals surface area contributed by atoms with Gasteiger partial charge in [-0.1, -0.05) is 29.8 Å². The average molecular weight is 334 g/mol. The first kappa shape index (κ1) is 17.2. The number of methoxy groups -OCH3 is 1. The number of aromatic nitrogens is 1. The molecule has 2 aromatic rings. The fourth-order valence-corrected chi connectivity index (χ4v) is 2.36. The van der Waals surface area contributed by atoms with Crippen LogP contribution in [0.2, 0.25) is 5.02 Å². The Hall–Kier alpha value is -2.11. The number of amides is 2. The van der Waals surface area contributed by atoms with Crippen LogP contribution < -0.4 is 10.6 Å². The zero-order chi connectivity index (χ0) is 16.7. The molecule has 1 heterocycles. The third-order valence-electron chi connectivity index (χ3n) is 3.49. The first-order chi connectivity index (χ1) is 11.1. The second-order valence-electron chi connectivity index (χ2n) is 5.11. The normalized spacial score (nSPS) is 11.8. The fraction of sp³-hybridized carbons (Fsp3) is 0.294. The molecule has 0 aliphatic heterocycles. The number of carbonyl (C=O) groups excluding carboxylic acids is 1. The molecule has 5 nitrogen and oxygen atoms in total. The SMILES string of the molecule is CO[C@H](CNC(=O)NCc1ncccc1C)c1cccc(Cl)c1. The molecule has 1 aromatic heterocycles. The summed E-state index contributed by atoms with van der Waals surface area (Å²) in [6, 6.07) is 11.0. The summed E-state index contributed by atoms with van der Waals surface area (Å²) in [6.07, 6.45) is 1.46. The molecule has 0 fully saturated rings. The van der Waals surface area contributed by atoms with E-state index >= 15 is 0 Å². The summed E-state index contributed by atoms with van der Waals surface area (Å²) < 4.78 is 5.41. The topological polar surface area (TPSA) is 63.2 Å². The Morgan fingerprint density at radius 3 is 2.83 bits per heavy atom. The zero-order valence-corrected chi connectivity index (χ0v) is 13.9. The van der Waals surface area contributed by atoms with Gasteiger partial charge in [0.15, 0.2) is 0 Å². The van der Waals surface area contributed by atoms with E-state index in [1.165, 1.54) is 0 Å². The molecule has 23 heavy (non-hydrogen) atoms. The summed E-state index contributed by atoms with van der Waals surface area (Å²) in [6.45, 7) is 2.69. The van der Waals surface area contributed by atoms with Crippen molar-refractivity contribution < 1.29 is 9.53 Å². The van der Waals surface area contributed by atoms with Crippen LogP contribution in [0.3, 0.4) is 0 Å². The van der Waals surface area contributed by atoms with Crippen LogP contribution in [0, 0.1) is 6.92 Å². The van der Waals surface area contributed by atoms with E-state index in [-0.39, 0.29) is 12.1 Å². The summed E-state index contributed by atoms with van der Waals surface area (Å²) >= 11 is 5.98. The van der Waals surface area contributed by atoms with Crippen molar-refractivity contribution in [3.05, 3.63) is 64.4 Å². The highest BCUT2D eigenvalue weighted by molar-refractivity contribution is 6.30. The van der Waals surface area contributed by atoms with E-state index in [4.69, 9.17) is 16.3 Å². The molecule has 0 aliphatic carbocycles. The van der Waals surface area contributed by atoms with Crippen LogP contribution in [0.1, 0.15) is 22.9 Å². The van der Waals surface area contributed by atoms with Gasteiger partial charge in [-0.25, -0.2) is 4.79 Å². The molecule has 0 bridgehead atoms. The van der Waals surface area contributed by atoms with Crippen LogP contribution >= 0.6 is 11.6 Å². The molecule has 2 N–H and O–H groups in total. The van der Waals surface area contributed by atoms with Gasteiger partial charge in [0.1, 0.15) is 0 Å². The Bertz CT molecular complexity index is 664. The number of ether oxygens (including phenoxy) is 1. The van der Waals surface area contributed by atoms with Gasteiger partial charge in [-0.05, 0) is 36.2 Å². The number of pyridine rings is 1. The summed E-state index contributed by atoms with van der Waals surface area (Å²) in [5, 5.41) is 6.22. The van der Waals surface area contributed by atoms with Gasteiger partial charge < -0.3 is 15.4 Å². The van der Waals surface area contributed by atoms with Crippen molar-refractivity contribution in [2.75, 3.05) is 13.7 Å². The maximum Gasteiger partial charge on any atom is 0.315 e. The molecular weight excluding hydrogens is 314 g/mol. The molecular formula is C17H20ClN3O2. The van der Waals surface area contributed by atoms with Crippen molar-refractivity contribution in [1.82, 2.24) is 15.6 Å². The molecule has 0 aliphatic rings. The highest BCUT2D eigenvalue weighted by Crippen LogP contribution is 2.19. The third kappa shape index (κ3) is 5.23. The zero-order valence-electron chi connectivity index (χ0n) is 13.2. The van der Waals surface area contributed by atoms with Gasteiger partial charge in [-0.15, -0.1) is 0 Å². The lowest BCUT2D eigenvalue weighted by Gasteiger charge is -2.17. The largest absolute Gasteiger partial charge is 0.375 e. The molecule has 0 saturated carbocycles. The lowest BCUT2D eigenvalue weighted by molar-refractivity contribution is 0.104. The molecule has 6 heteroatoms. The van der Waals surface area contributed by atoms with Crippen LogP contribution in [0.15, 0.2) is 42.6 Å². The van der Waals surface area contributed by atoms with E-state index in [9.17, 15) is 4.79 Å². The smallest absolute Gasteiger partial charge is 0.315 e. The minimum absolute atomic E-state index is 0.254. The fourth-order valence-electron chi connectivity index (χ4n) is 2.16. The Labute approximate surface area is 141 Å². The average Bonchev–Trinajstić information content (AvgIpc) is 2.55. The third-order valence-corrected chi connectivity index (χ3v) is 3.72.